The standard InChI is InChI=1S/C21H22ClN3O2S2/c1-14-19(29-21(24-14)15-4-6-16(22)7-5-15)20(26)23-13-17(18-3-2-12-28-18)25-8-10-27-11-9-25/h2-7,12,17H,8-11,13H2,1H3,(H,23,26)/t17-/m0/s1. The fourth-order valence-electron chi connectivity index (χ4n) is 3.37. The third kappa shape index (κ3) is 4.87. The molecule has 0 aliphatic carbocycles. The van der Waals surface area contributed by atoms with E-state index < -0.39 is 0 Å². The molecule has 1 atom stereocenters. The number of thiazole rings is 1. The molecule has 3 aromatic rings. The number of hydrogen-bond donors (Lipinski definition) is 1. The molecule has 1 aliphatic heterocycles. The Labute approximate surface area is 183 Å². The van der Waals surface area contributed by atoms with Crippen molar-refractivity contribution in [2.75, 3.05) is 32.8 Å². The summed E-state index contributed by atoms with van der Waals surface area (Å²) >= 11 is 9.11. The molecule has 1 aromatic carbocycles. The number of nitrogens with one attached hydrogen (secondary N) is 1. The number of amides is 1. The first-order chi connectivity index (χ1) is 14.1. The first-order valence-electron chi connectivity index (χ1n) is 9.48. The zero-order valence-corrected chi connectivity index (χ0v) is 18.4. The average Bonchev–Trinajstić information content (AvgIpc) is 3.40. The van der Waals surface area contributed by atoms with Crippen LogP contribution in [0.3, 0.4) is 0 Å². The Hall–Kier alpha value is -1.77. The maximum Gasteiger partial charge on any atom is 0.263 e. The quantitative estimate of drug-likeness (QED) is 0.598. The molecule has 0 unspecified atom stereocenters. The van der Waals surface area contributed by atoms with Crippen molar-refractivity contribution < 1.29 is 9.53 Å². The van der Waals surface area contributed by atoms with E-state index in [1.807, 2.05) is 31.2 Å². The molecule has 2 aromatic heterocycles. The van der Waals surface area contributed by atoms with Gasteiger partial charge in [-0.2, -0.15) is 0 Å². The number of aromatic nitrogens is 1. The minimum absolute atomic E-state index is 0.0740. The molecule has 5 nitrogen and oxygen atoms in total. The molecule has 0 bridgehead atoms. The van der Waals surface area contributed by atoms with Gasteiger partial charge in [-0.3, -0.25) is 9.69 Å². The number of morpholine rings is 1. The molecule has 8 heteroatoms. The highest BCUT2D eigenvalue weighted by atomic mass is 35.5. The van der Waals surface area contributed by atoms with Crippen LogP contribution in [0.1, 0.15) is 26.3 Å². The van der Waals surface area contributed by atoms with Gasteiger partial charge >= 0.3 is 0 Å². The summed E-state index contributed by atoms with van der Waals surface area (Å²) in [6, 6.07) is 11.9. The van der Waals surface area contributed by atoms with E-state index >= 15 is 0 Å². The van der Waals surface area contributed by atoms with Gasteiger partial charge in [-0.1, -0.05) is 29.8 Å². The second-order valence-electron chi connectivity index (χ2n) is 6.83. The highest BCUT2D eigenvalue weighted by molar-refractivity contribution is 7.17. The van der Waals surface area contributed by atoms with Crippen LogP contribution < -0.4 is 5.32 Å². The molecule has 1 aliphatic rings. The van der Waals surface area contributed by atoms with Crippen molar-refractivity contribution in [2.45, 2.75) is 13.0 Å². The third-order valence-corrected chi connectivity index (χ3v) is 7.34. The molecule has 0 spiro atoms. The summed E-state index contributed by atoms with van der Waals surface area (Å²) in [5.41, 5.74) is 1.71. The molecular weight excluding hydrogens is 426 g/mol. The molecule has 1 amide bonds. The molecule has 4 rings (SSSR count). The lowest BCUT2D eigenvalue weighted by Gasteiger charge is -2.34. The van der Waals surface area contributed by atoms with Crippen LogP contribution in [0.2, 0.25) is 5.02 Å². The summed E-state index contributed by atoms with van der Waals surface area (Å²) < 4.78 is 5.49. The highest BCUT2D eigenvalue weighted by Gasteiger charge is 2.25. The molecule has 1 fully saturated rings. The number of rotatable bonds is 6. The topological polar surface area (TPSA) is 54.5 Å². The van der Waals surface area contributed by atoms with Gasteiger partial charge in [-0.15, -0.1) is 22.7 Å². The van der Waals surface area contributed by atoms with E-state index in [9.17, 15) is 4.79 Å². The van der Waals surface area contributed by atoms with Gasteiger partial charge in [0.25, 0.3) is 5.91 Å². The van der Waals surface area contributed by atoms with Crippen LogP contribution >= 0.6 is 34.3 Å². The third-order valence-electron chi connectivity index (χ3n) is 4.91. The smallest absolute Gasteiger partial charge is 0.263 e. The summed E-state index contributed by atoms with van der Waals surface area (Å²) in [6.45, 7) is 5.65. The fourth-order valence-corrected chi connectivity index (χ4v) is 5.35. The Kier molecular flexibility index (Phi) is 6.62. The van der Waals surface area contributed by atoms with E-state index in [0.29, 0.717) is 16.4 Å². The number of thiophene rings is 1. The van der Waals surface area contributed by atoms with E-state index in [1.165, 1.54) is 16.2 Å². The van der Waals surface area contributed by atoms with Crippen molar-refractivity contribution in [2.24, 2.45) is 0 Å². The number of benzene rings is 1. The van der Waals surface area contributed by atoms with Gasteiger partial charge < -0.3 is 10.1 Å². The van der Waals surface area contributed by atoms with Crippen LogP contribution in [0.15, 0.2) is 41.8 Å². The zero-order chi connectivity index (χ0) is 20.2. The largest absolute Gasteiger partial charge is 0.379 e. The molecule has 3 heterocycles. The first-order valence-corrected chi connectivity index (χ1v) is 11.6. The fraction of sp³-hybridized carbons (Fsp3) is 0.333. The van der Waals surface area contributed by atoms with Crippen LogP contribution in [0.5, 0.6) is 0 Å². The van der Waals surface area contributed by atoms with E-state index in [2.05, 4.69) is 32.7 Å². The zero-order valence-electron chi connectivity index (χ0n) is 16.1. The Bertz CT molecular complexity index is 951. The van der Waals surface area contributed by atoms with Gasteiger partial charge in [0, 0.05) is 35.1 Å². The van der Waals surface area contributed by atoms with Crippen LogP contribution in [-0.4, -0.2) is 48.6 Å². The van der Waals surface area contributed by atoms with Crippen molar-refractivity contribution >= 4 is 40.2 Å². The van der Waals surface area contributed by atoms with E-state index in [4.69, 9.17) is 16.3 Å². The summed E-state index contributed by atoms with van der Waals surface area (Å²) in [6.07, 6.45) is 0. The predicted molar refractivity (Wildman–Crippen MR) is 119 cm³/mol. The SMILES string of the molecule is Cc1nc(-c2ccc(Cl)cc2)sc1C(=O)NC[C@@H](c1cccs1)N1CCOCC1. The summed E-state index contributed by atoms with van der Waals surface area (Å²) in [5.74, 6) is -0.0740. The minimum Gasteiger partial charge on any atom is -0.379 e. The number of hydrogen-bond acceptors (Lipinski definition) is 6. The summed E-state index contributed by atoms with van der Waals surface area (Å²) in [4.78, 5) is 21.8. The predicted octanol–water partition coefficient (Wildman–Crippen LogP) is 4.64. The summed E-state index contributed by atoms with van der Waals surface area (Å²) in [5, 5.41) is 6.72. The normalized spacial score (nSPS) is 15.9. The lowest BCUT2D eigenvalue weighted by molar-refractivity contribution is 0.0169. The second-order valence-corrected chi connectivity index (χ2v) is 9.24. The van der Waals surface area contributed by atoms with Gasteiger partial charge in [0.15, 0.2) is 0 Å². The maximum absolute atomic E-state index is 12.9. The Morgan fingerprint density at radius 2 is 2.03 bits per heavy atom. The lowest BCUT2D eigenvalue weighted by atomic mass is 10.2. The summed E-state index contributed by atoms with van der Waals surface area (Å²) in [7, 11) is 0. The molecule has 1 saturated heterocycles. The van der Waals surface area contributed by atoms with Gasteiger partial charge in [0.2, 0.25) is 0 Å². The molecule has 29 heavy (non-hydrogen) atoms. The number of carbonyl (C=O) groups excluding carboxylic acids is 1. The first kappa shape index (κ1) is 20.5. The van der Waals surface area contributed by atoms with E-state index in [1.54, 1.807) is 11.3 Å². The Morgan fingerprint density at radius 3 is 2.72 bits per heavy atom. The van der Waals surface area contributed by atoms with Crippen LogP contribution in [0.25, 0.3) is 10.6 Å². The molecular formula is C21H22ClN3O2S2. The average molecular weight is 448 g/mol. The molecule has 0 radical (unpaired) electrons. The van der Waals surface area contributed by atoms with Gasteiger partial charge in [-0.05, 0) is 30.5 Å². The number of carbonyl (C=O) groups is 1. The molecule has 1 N–H and O–H groups in total. The number of ether oxygens (including phenoxy) is 1. The number of aryl methyl sites for hydroxylation is 1. The van der Waals surface area contributed by atoms with Gasteiger partial charge in [0.1, 0.15) is 9.88 Å². The monoisotopic (exact) mass is 447 g/mol. The number of halogens is 1. The van der Waals surface area contributed by atoms with E-state index in [0.717, 1.165) is 42.6 Å². The Balaban J connectivity index is 1.47. The van der Waals surface area contributed by atoms with Crippen molar-refractivity contribution in [3.05, 3.63) is 62.2 Å². The van der Waals surface area contributed by atoms with Crippen LogP contribution in [-0.2, 0) is 4.74 Å². The minimum atomic E-state index is -0.0740. The maximum atomic E-state index is 12.9. The van der Waals surface area contributed by atoms with Crippen molar-refractivity contribution in [3.8, 4) is 10.6 Å². The molecule has 0 saturated carbocycles. The van der Waals surface area contributed by atoms with Gasteiger partial charge in [0.05, 0.1) is 24.9 Å². The van der Waals surface area contributed by atoms with E-state index in [-0.39, 0.29) is 11.9 Å². The number of nitrogens with zero attached hydrogens (tertiary/aromatic N) is 2. The van der Waals surface area contributed by atoms with Crippen molar-refractivity contribution in [1.29, 1.82) is 0 Å². The Morgan fingerprint density at radius 1 is 1.28 bits per heavy atom. The van der Waals surface area contributed by atoms with Crippen molar-refractivity contribution in [1.82, 2.24) is 15.2 Å². The lowest BCUT2D eigenvalue weighted by Crippen LogP contribution is -2.43. The highest BCUT2D eigenvalue weighted by Crippen LogP contribution is 2.29. The van der Waals surface area contributed by atoms with Crippen LogP contribution in [0, 0.1) is 6.92 Å². The van der Waals surface area contributed by atoms with Gasteiger partial charge in [-0.25, -0.2) is 4.98 Å². The van der Waals surface area contributed by atoms with Crippen molar-refractivity contribution in [3.63, 3.8) is 0 Å². The molecule has 152 valence electrons. The van der Waals surface area contributed by atoms with Crippen LogP contribution in [0.4, 0.5) is 0 Å². The second kappa shape index (κ2) is 9.36.